The number of fused-ring (bicyclic) bond motifs is 1. The van der Waals surface area contributed by atoms with E-state index in [-0.39, 0.29) is 5.82 Å². The van der Waals surface area contributed by atoms with Crippen LogP contribution in [0.15, 0.2) is 42.5 Å². The molecule has 0 aliphatic carbocycles. The average Bonchev–Trinajstić information content (AvgIpc) is 2.47. The zero-order valence-electron chi connectivity index (χ0n) is 12.3. The van der Waals surface area contributed by atoms with E-state index in [1.54, 1.807) is 12.1 Å². The summed E-state index contributed by atoms with van der Waals surface area (Å²) in [6.45, 7) is 2.73. The third-order valence-electron chi connectivity index (χ3n) is 4.18. The van der Waals surface area contributed by atoms with Crippen molar-refractivity contribution < 1.29 is 4.39 Å². The predicted molar refractivity (Wildman–Crippen MR) is 85.5 cm³/mol. The molecule has 2 N–H and O–H groups in total. The van der Waals surface area contributed by atoms with Crippen molar-refractivity contribution >= 4 is 11.4 Å². The van der Waals surface area contributed by atoms with Gasteiger partial charge in [0.2, 0.25) is 0 Å². The molecule has 1 unspecified atom stereocenters. The van der Waals surface area contributed by atoms with Crippen LogP contribution in [0.2, 0.25) is 0 Å². The summed E-state index contributed by atoms with van der Waals surface area (Å²) >= 11 is 0. The van der Waals surface area contributed by atoms with Gasteiger partial charge >= 0.3 is 0 Å². The van der Waals surface area contributed by atoms with Crippen LogP contribution < -0.4 is 10.6 Å². The number of nitrogens with zero attached hydrogens (tertiary/aromatic N) is 1. The number of benzene rings is 2. The van der Waals surface area contributed by atoms with Crippen LogP contribution in [0.1, 0.15) is 24.5 Å². The highest BCUT2D eigenvalue weighted by Crippen LogP contribution is 2.37. The first-order chi connectivity index (χ1) is 10.2. The number of hydrogen-bond donors (Lipinski definition) is 1. The highest BCUT2D eigenvalue weighted by molar-refractivity contribution is 5.69. The van der Waals surface area contributed by atoms with Crippen LogP contribution in [0.25, 0.3) is 0 Å². The van der Waals surface area contributed by atoms with Crippen LogP contribution in [0.5, 0.6) is 0 Å². The number of hydrogen-bond acceptors (Lipinski definition) is 2. The van der Waals surface area contributed by atoms with Gasteiger partial charge in [-0.1, -0.05) is 18.2 Å². The van der Waals surface area contributed by atoms with Crippen LogP contribution in [0.4, 0.5) is 15.8 Å². The van der Waals surface area contributed by atoms with Crippen molar-refractivity contribution in [2.24, 2.45) is 5.73 Å². The van der Waals surface area contributed by atoms with E-state index in [0.717, 1.165) is 24.1 Å². The molecule has 0 spiro atoms. The molecule has 0 aromatic heterocycles. The Morgan fingerprint density at radius 2 is 2.05 bits per heavy atom. The Bertz CT molecular complexity index is 639. The van der Waals surface area contributed by atoms with Crippen molar-refractivity contribution in [3.05, 3.63) is 59.4 Å². The zero-order valence-corrected chi connectivity index (χ0v) is 12.3. The fourth-order valence-corrected chi connectivity index (χ4v) is 3.17. The van der Waals surface area contributed by atoms with Gasteiger partial charge in [0.25, 0.3) is 0 Å². The molecule has 0 saturated carbocycles. The standard InChI is InChI=1S/C18H21FN2/c1-13-6-7-15-4-2-3-5-18(15)21(13)17-11-14(8-9-20)10-16(19)12-17/h2-5,10-13H,6-9,20H2,1H3. The topological polar surface area (TPSA) is 29.3 Å². The van der Waals surface area contributed by atoms with Gasteiger partial charge in [0.1, 0.15) is 5.82 Å². The minimum atomic E-state index is -0.189. The second kappa shape index (κ2) is 5.86. The number of para-hydroxylation sites is 1. The number of halogens is 1. The highest BCUT2D eigenvalue weighted by Gasteiger charge is 2.24. The summed E-state index contributed by atoms with van der Waals surface area (Å²) in [5.41, 5.74) is 10.0. The Kier molecular flexibility index (Phi) is 3.93. The number of nitrogens with two attached hydrogens (primary N) is 1. The molecule has 2 aromatic carbocycles. The van der Waals surface area contributed by atoms with Gasteiger partial charge in [-0.3, -0.25) is 0 Å². The molecule has 3 rings (SSSR count). The molecule has 0 amide bonds. The first kappa shape index (κ1) is 14.1. The van der Waals surface area contributed by atoms with Gasteiger partial charge < -0.3 is 10.6 Å². The van der Waals surface area contributed by atoms with Crippen LogP contribution in [0, 0.1) is 5.82 Å². The molecular formula is C18H21FN2. The van der Waals surface area contributed by atoms with Crippen LogP contribution in [-0.4, -0.2) is 12.6 Å². The normalized spacial score (nSPS) is 17.7. The van der Waals surface area contributed by atoms with E-state index < -0.39 is 0 Å². The van der Waals surface area contributed by atoms with Crippen molar-refractivity contribution in [1.29, 1.82) is 0 Å². The molecule has 0 fully saturated rings. The maximum atomic E-state index is 13.9. The fourth-order valence-electron chi connectivity index (χ4n) is 3.17. The fraction of sp³-hybridized carbons (Fsp3) is 0.333. The van der Waals surface area contributed by atoms with Crippen molar-refractivity contribution in [2.75, 3.05) is 11.4 Å². The van der Waals surface area contributed by atoms with Gasteiger partial charge in [-0.15, -0.1) is 0 Å². The van der Waals surface area contributed by atoms with Crippen LogP contribution in [0.3, 0.4) is 0 Å². The lowest BCUT2D eigenvalue weighted by Crippen LogP contribution is -2.33. The Morgan fingerprint density at radius 3 is 2.86 bits per heavy atom. The Labute approximate surface area is 125 Å². The number of anilines is 2. The van der Waals surface area contributed by atoms with E-state index in [1.807, 2.05) is 6.07 Å². The summed E-state index contributed by atoms with van der Waals surface area (Å²) in [7, 11) is 0. The third kappa shape index (κ3) is 2.79. The molecule has 1 atom stereocenters. The SMILES string of the molecule is CC1CCc2ccccc2N1c1cc(F)cc(CCN)c1. The molecule has 2 aromatic rings. The third-order valence-corrected chi connectivity index (χ3v) is 4.18. The van der Waals surface area contributed by atoms with Crippen molar-refractivity contribution in [1.82, 2.24) is 0 Å². The summed E-state index contributed by atoms with van der Waals surface area (Å²) in [6.07, 6.45) is 2.87. The average molecular weight is 284 g/mol. The molecule has 0 bridgehead atoms. The monoisotopic (exact) mass is 284 g/mol. The Hall–Kier alpha value is -1.87. The number of aryl methyl sites for hydroxylation is 1. The van der Waals surface area contributed by atoms with E-state index in [4.69, 9.17) is 5.73 Å². The molecule has 1 heterocycles. The van der Waals surface area contributed by atoms with Gasteiger partial charge in [0.05, 0.1) is 0 Å². The van der Waals surface area contributed by atoms with Crippen molar-refractivity contribution in [3.63, 3.8) is 0 Å². The summed E-state index contributed by atoms with van der Waals surface area (Å²) in [6, 6.07) is 14.0. The molecule has 110 valence electrons. The smallest absolute Gasteiger partial charge is 0.125 e. The second-order valence-corrected chi connectivity index (χ2v) is 5.74. The van der Waals surface area contributed by atoms with Gasteiger partial charge in [0.15, 0.2) is 0 Å². The first-order valence-corrected chi connectivity index (χ1v) is 7.55. The molecule has 21 heavy (non-hydrogen) atoms. The maximum absolute atomic E-state index is 13.9. The van der Waals surface area contributed by atoms with Crippen LogP contribution in [-0.2, 0) is 12.8 Å². The molecule has 2 nitrogen and oxygen atoms in total. The second-order valence-electron chi connectivity index (χ2n) is 5.74. The van der Waals surface area contributed by atoms with Crippen molar-refractivity contribution in [3.8, 4) is 0 Å². The van der Waals surface area contributed by atoms with Gasteiger partial charge in [-0.2, -0.15) is 0 Å². The van der Waals surface area contributed by atoms with E-state index in [0.29, 0.717) is 19.0 Å². The lowest BCUT2D eigenvalue weighted by Gasteiger charge is -2.37. The van der Waals surface area contributed by atoms with E-state index >= 15 is 0 Å². The van der Waals surface area contributed by atoms with Gasteiger partial charge in [0, 0.05) is 17.4 Å². The molecule has 3 heteroatoms. The molecule has 1 aliphatic rings. The van der Waals surface area contributed by atoms with Gasteiger partial charge in [-0.25, -0.2) is 4.39 Å². The molecular weight excluding hydrogens is 263 g/mol. The molecule has 1 aliphatic heterocycles. The maximum Gasteiger partial charge on any atom is 0.125 e. The van der Waals surface area contributed by atoms with E-state index in [1.165, 1.54) is 11.3 Å². The highest BCUT2D eigenvalue weighted by atomic mass is 19.1. The summed E-state index contributed by atoms with van der Waals surface area (Å²) in [5, 5.41) is 0. The Balaban J connectivity index is 2.07. The van der Waals surface area contributed by atoms with Crippen LogP contribution >= 0.6 is 0 Å². The minimum absolute atomic E-state index is 0.189. The largest absolute Gasteiger partial charge is 0.338 e. The van der Waals surface area contributed by atoms with Crippen molar-refractivity contribution in [2.45, 2.75) is 32.2 Å². The summed E-state index contributed by atoms with van der Waals surface area (Å²) < 4.78 is 13.9. The Morgan fingerprint density at radius 1 is 1.24 bits per heavy atom. The predicted octanol–water partition coefficient (Wildman–Crippen LogP) is 3.80. The molecule has 0 radical (unpaired) electrons. The lowest BCUT2D eigenvalue weighted by atomic mass is 9.95. The van der Waals surface area contributed by atoms with E-state index in [2.05, 4.69) is 36.1 Å². The summed E-state index contributed by atoms with van der Waals surface area (Å²) in [4.78, 5) is 2.25. The minimum Gasteiger partial charge on any atom is -0.338 e. The lowest BCUT2D eigenvalue weighted by molar-refractivity contribution is 0.606. The number of rotatable bonds is 3. The zero-order chi connectivity index (χ0) is 14.8. The first-order valence-electron chi connectivity index (χ1n) is 7.55. The molecule has 0 saturated heterocycles. The van der Waals surface area contributed by atoms with Gasteiger partial charge in [-0.05, 0) is 68.1 Å². The van der Waals surface area contributed by atoms with E-state index in [9.17, 15) is 4.39 Å². The summed E-state index contributed by atoms with van der Waals surface area (Å²) in [5.74, 6) is -0.189. The quantitative estimate of drug-likeness (QED) is 0.929.